The van der Waals surface area contributed by atoms with Crippen LogP contribution in [0.2, 0.25) is 0 Å². The lowest BCUT2D eigenvalue weighted by Crippen LogP contribution is -2.39. The standard InChI is InChI=1S/C11H18N4O2/c1-15(2)9(5-3-6-12)10(16)17-11-13-7-4-8-14-11/h4,7-9H,3,5-6,12H2,1-2H3/t9-/m0/s1. The summed E-state index contributed by atoms with van der Waals surface area (Å²) < 4.78 is 5.09. The molecule has 0 fully saturated rings. The third kappa shape index (κ3) is 4.46. The molecular formula is C11H18N4O2. The molecule has 0 saturated carbocycles. The lowest BCUT2D eigenvalue weighted by Gasteiger charge is -2.21. The van der Waals surface area contributed by atoms with Gasteiger partial charge >= 0.3 is 12.0 Å². The summed E-state index contributed by atoms with van der Waals surface area (Å²) in [5.41, 5.74) is 5.43. The summed E-state index contributed by atoms with van der Waals surface area (Å²) in [5, 5.41) is 0. The van der Waals surface area contributed by atoms with E-state index in [0.29, 0.717) is 13.0 Å². The van der Waals surface area contributed by atoms with Gasteiger partial charge in [-0.05, 0) is 39.5 Å². The van der Waals surface area contributed by atoms with Crippen molar-refractivity contribution in [2.75, 3.05) is 20.6 Å². The number of hydrogen-bond acceptors (Lipinski definition) is 6. The first-order valence-corrected chi connectivity index (χ1v) is 5.50. The SMILES string of the molecule is CN(C)[C@@H](CCCN)C(=O)Oc1ncccn1. The topological polar surface area (TPSA) is 81.3 Å². The molecule has 0 bridgehead atoms. The molecule has 0 spiro atoms. The van der Waals surface area contributed by atoms with Crippen molar-refractivity contribution in [3.63, 3.8) is 0 Å². The summed E-state index contributed by atoms with van der Waals surface area (Å²) in [5.74, 6) is -0.352. The van der Waals surface area contributed by atoms with Crippen molar-refractivity contribution in [2.45, 2.75) is 18.9 Å². The molecule has 0 saturated heterocycles. The predicted molar refractivity (Wildman–Crippen MR) is 63.4 cm³/mol. The van der Waals surface area contributed by atoms with Crippen molar-refractivity contribution in [2.24, 2.45) is 5.73 Å². The third-order valence-electron chi connectivity index (χ3n) is 2.31. The van der Waals surface area contributed by atoms with E-state index < -0.39 is 0 Å². The van der Waals surface area contributed by atoms with Gasteiger partial charge in [-0.2, -0.15) is 0 Å². The maximum atomic E-state index is 11.9. The van der Waals surface area contributed by atoms with Gasteiger partial charge in [0.2, 0.25) is 0 Å². The van der Waals surface area contributed by atoms with Gasteiger partial charge in [0.25, 0.3) is 0 Å². The molecule has 0 aromatic carbocycles. The summed E-state index contributed by atoms with van der Waals surface area (Å²) in [6.07, 6.45) is 4.49. The highest BCUT2D eigenvalue weighted by Gasteiger charge is 2.22. The molecule has 1 aromatic rings. The second kappa shape index (κ2) is 6.93. The van der Waals surface area contributed by atoms with Crippen LogP contribution in [0, 0.1) is 0 Å². The van der Waals surface area contributed by atoms with Gasteiger partial charge in [-0.25, -0.2) is 14.8 Å². The Kier molecular flexibility index (Phi) is 5.51. The lowest BCUT2D eigenvalue weighted by atomic mass is 10.1. The van der Waals surface area contributed by atoms with E-state index in [1.54, 1.807) is 11.0 Å². The zero-order valence-corrected chi connectivity index (χ0v) is 10.2. The van der Waals surface area contributed by atoms with E-state index in [0.717, 1.165) is 6.42 Å². The Morgan fingerprint density at radius 3 is 2.65 bits per heavy atom. The number of rotatable bonds is 6. The molecule has 0 radical (unpaired) electrons. The van der Waals surface area contributed by atoms with E-state index in [4.69, 9.17) is 10.5 Å². The Bertz CT molecular complexity index is 343. The largest absolute Gasteiger partial charge is 0.390 e. The summed E-state index contributed by atoms with van der Waals surface area (Å²) >= 11 is 0. The zero-order chi connectivity index (χ0) is 12.7. The quantitative estimate of drug-likeness (QED) is 0.705. The molecule has 94 valence electrons. The van der Waals surface area contributed by atoms with Gasteiger partial charge in [0.1, 0.15) is 6.04 Å². The number of carbonyl (C=O) groups excluding carboxylic acids is 1. The minimum absolute atomic E-state index is 0.0806. The van der Waals surface area contributed by atoms with Crippen LogP contribution in [0.15, 0.2) is 18.5 Å². The molecule has 0 amide bonds. The van der Waals surface area contributed by atoms with Crippen LogP contribution in [0.4, 0.5) is 0 Å². The number of carbonyl (C=O) groups is 1. The van der Waals surface area contributed by atoms with Gasteiger partial charge in [0.15, 0.2) is 0 Å². The molecular weight excluding hydrogens is 220 g/mol. The number of esters is 1. The van der Waals surface area contributed by atoms with Crippen LogP contribution in [0.3, 0.4) is 0 Å². The lowest BCUT2D eigenvalue weighted by molar-refractivity contribution is -0.140. The number of likely N-dealkylation sites (N-methyl/N-ethyl adjacent to an activating group) is 1. The fraction of sp³-hybridized carbons (Fsp3) is 0.545. The molecule has 1 atom stereocenters. The van der Waals surface area contributed by atoms with Crippen molar-refractivity contribution in [1.82, 2.24) is 14.9 Å². The van der Waals surface area contributed by atoms with E-state index in [1.807, 2.05) is 14.1 Å². The van der Waals surface area contributed by atoms with Crippen LogP contribution in [0.5, 0.6) is 6.01 Å². The second-order valence-corrected chi connectivity index (χ2v) is 3.86. The van der Waals surface area contributed by atoms with E-state index in [2.05, 4.69) is 9.97 Å². The fourth-order valence-corrected chi connectivity index (χ4v) is 1.39. The fourth-order valence-electron chi connectivity index (χ4n) is 1.39. The minimum Gasteiger partial charge on any atom is -0.390 e. The van der Waals surface area contributed by atoms with E-state index >= 15 is 0 Å². The highest BCUT2D eigenvalue weighted by atomic mass is 16.5. The van der Waals surface area contributed by atoms with Crippen molar-refractivity contribution in [3.05, 3.63) is 18.5 Å². The van der Waals surface area contributed by atoms with Crippen LogP contribution in [-0.2, 0) is 4.79 Å². The maximum Gasteiger partial charge on any atom is 0.331 e. The smallest absolute Gasteiger partial charge is 0.331 e. The summed E-state index contributed by atoms with van der Waals surface area (Å²) in [6.45, 7) is 0.555. The second-order valence-electron chi connectivity index (χ2n) is 3.86. The van der Waals surface area contributed by atoms with Gasteiger partial charge in [-0.1, -0.05) is 0 Å². The van der Waals surface area contributed by atoms with Gasteiger partial charge in [-0.3, -0.25) is 4.90 Å². The average Bonchev–Trinajstić information content (AvgIpc) is 2.30. The number of nitrogens with two attached hydrogens (primary N) is 1. The molecule has 17 heavy (non-hydrogen) atoms. The molecule has 6 nitrogen and oxygen atoms in total. The molecule has 1 aromatic heterocycles. The highest BCUT2D eigenvalue weighted by molar-refractivity contribution is 5.77. The minimum atomic E-state index is -0.352. The van der Waals surface area contributed by atoms with E-state index in [1.165, 1.54) is 12.4 Å². The summed E-state index contributed by atoms with van der Waals surface area (Å²) in [7, 11) is 3.66. The predicted octanol–water partition coefficient (Wildman–Crippen LogP) is 0.0511. The average molecular weight is 238 g/mol. The van der Waals surface area contributed by atoms with Crippen molar-refractivity contribution < 1.29 is 9.53 Å². The van der Waals surface area contributed by atoms with Crippen LogP contribution in [0.1, 0.15) is 12.8 Å². The molecule has 0 aliphatic heterocycles. The maximum absolute atomic E-state index is 11.9. The number of hydrogen-bond donors (Lipinski definition) is 1. The molecule has 6 heteroatoms. The Hall–Kier alpha value is -1.53. The Morgan fingerprint density at radius 2 is 2.12 bits per heavy atom. The Balaban J connectivity index is 2.59. The van der Waals surface area contributed by atoms with Crippen LogP contribution >= 0.6 is 0 Å². The van der Waals surface area contributed by atoms with E-state index in [-0.39, 0.29) is 18.0 Å². The molecule has 0 aliphatic carbocycles. The molecule has 0 aliphatic rings. The van der Waals surface area contributed by atoms with Crippen molar-refractivity contribution in [1.29, 1.82) is 0 Å². The van der Waals surface area contributed by atoms with Crippen LogP contribution < -0.4 is 10.5 Å². The van der Waals surface area contributed by atoms with Gasteiger partial charge in [0, 0.05) is 12.4 Å². The molecule has 2 N–H and O–H groups in total. The van der Waals surface area contributed by atoms with Crippen molar-refractivity contribution in [3.8, 4) is 6.01 Å². The van der Waals surface area contributed by atoms with E-state index in [9.17, 15) is 4.79 Å². The van der Waals surface area contributed by atoms with Crippen LogP contribution in [0.25, 0.3) is 0 Å². The Morgan fingerprint density at radius 1 is 1.47 bits per heavy atom. The van der Waals surface area contributed by atoms with Crippen molar-refractivity contribution >= 4 is 5.97 Å². The summed E-state index contributed by atoms with van der Waals surface area (Å²) in [4.78, 5) is 21.4. The summed E-state index contributed by atoms with van der Waals surface area (Å²) in [6, 6.07) is 1.43. The van der Waals surface area contributed by atoms with Gasteiger partial charge in [-0.15, -0.1) is 0 Å². The highest BCUT2D eigenvalue weighted by Crippen LogP contribution is 2.07. The number of nitrogens with zero attached hydrogens (tertiary/aromatic N) is 3. The molecule has 1 heterocycles. The zero-order valence-electron chi connectivity index (χ0n) is 10.2. The molecule has 0 unspecified atom stereocenters. The first kappa shape index (κ1) is 13.5. The normalized spacial score (nSPS) is 12.5. The number of aromatic nitrogens is 2. The van der Waals surface area contributed by atoms with Gasteiger partial charge in [0.05, 0.1) is 0 Å². The first-order chi connectivity index (χ1) is 8.15. The number of ether oxygens (including phenoxy) is 1. The Labute approximate surface area is 101 Å². The van der Waals surface area contributed by atoms with Crippen LogP contribution in [-0.4, -0.2) is 47.5 Å². The molecule has 1 rings (SSSR count). The monoisotopic (exact) mass is 238 g/mol. The third-order valence-corrected chi connectivity index (χ3v) is 2.31. The first-order valence-electron chi connectivity index (χ1n) is 5.50. The van der Waals surface area contributed by atoms with Gasteiger partial charge < -0.3 is 10.5 Å².